The first-order valence-corrected chi connectivity index (χ1v) is 7.05. The van der Waals surface area contributed by atoms with Crippen LogP contribution >= 0.6 is 31.9 Å². The smallest absolute Gasteiger partial charge is 0.282 e. The zero-order chi connectivity index (χ0) is 13.4. The summed E-state index contributed by atoms with van der Waals surface area (Å²) in [5, 5.41) is 20.8. The lowest BCUT2D eigenvalue weighted by Crippen LogP contribution is -2.40. The van der Waals surface area contributed by atoms with E-state index in [1.54, 1.807) is 18.2 Å². The first-order valence-electron chi connectivity index (χ1n) is 5.47. The highest BCUT2D eigenvalue weighted by Gasteiger charge is 2.16. The van der Waals surface area contributed by atoms with Crippen LogP contribution in [0.4, 0.5) is 0 Å². The summed E-state index contributed by atoms with van der Waals surface area (Å²) in [7, 11) is 0. The Hall–Kier alpha value is -1.53. The molecule has 0 aliphatic carbocycles. The van der Waals surface area contributed by atoms with Gasteiger partial charge in [-0.1, -0.05) is 34.1 Å². The van der Waals surface area contributed by atoms with E-state index < -0.39 is 0 Å². The molecule has 6 heteroatoms. The lowest BCUT2D eigenvalue weighted by Gasteiger charge is -2.05. The molecule has 0 aliphatic heterocycles. The Balaban J connectivity index is 2.25. The molecule has 0 saturated heterocycles. The van der Waals surface area contributed by atoms with Crippen LogP contribution in [0, 0.1) is 0 Å². The van der Waals surface area contributed by atoms with Gasteiger partial charge in [0.2, 0.25) is 0 Å². The van der Waals surface area contributed by atoms with E-state index in [4.69, 9.17) is 0 Å². The number of aromatic nitrogens is 3. The molecule has 3 aromatic rings. The van der Waals surface area contributed by atoms with Gasteiger partial charge in [-0.05, 0) is 34.1 Å². The van der Waals surface area contributed by atoms with Crippen LogP contribution in [0.2, 0.25) is 0 Å². The zero-order valence-electron chi connectivity index (χ0n) is 9.55. The second kappa shape index (κ2) is 4.86. The molecular weight excluding hydrogens is 374 g/mol. The number of nitrogens with zero attached hydrogens (tertiary/aromatic N) is 3. The van der Waals surface area contributed by atoms with Gasteiger partial charge in [-0.2, -0.15) is 0 Å². The molecule has 0 saturated carbocycles. The van der Waals surface area contributed by atoms with Crippen LogP contribution in [0.25, 0.3) is 16.6 Å². The van der Waals surface area contributed by atoms with Crippen molar-refractivity contribution in [3.05, 3.63) is 51.4 Å². The van der Waals surface area contributed by atoms with Gasteiger partial charge in [-0.3, -0.25) is 0 Å². The summed E-state index contributed by atoms with van der Waals surface area (Å²) in [4.78, 5) is 1.35. The van der Waals surface area contributed by atoms with Crippen LogP contribution in [0.1, 0.15) is 0 Å². The van der Waals surface area contributed by atoms with Crippen molar-refractivity contribution in [3.63, 3.8) is 0 Å². The van der Waals surface area contributed by atoms with E-state index in [2.05, 4.69) is 42.1 Å². The summed E-state index contributed by atoms with van der Waals surface area (Å²) in [5.74, 6) is -0.291. The highest BCUT2D eigenvalue weighted by Crippen LogP contribution is 2.22. The summed E-state index contributed by atoms with van der Waals surface area (Å²) >= 11 is 6.82. The fourth-order valence-electron chi connectivity index (χ4n) is 1.76. The second-order valence-corrected chi connectivity index (χ2v) is 5.68. The van der Waals surface area contributed by atoms with Gasteiger partial charge in [-0.25, -0.2) is 0 Å². The van der Waals surface area contributed by atoms with Crippen molar-refractivity contribution in [3.8, 4) is 11.6 Å². The maximum Gasteiger partial charge on any atom is 0.282 e. The number of halogens is 2. The molecule has 94 valence electrons. The van der Waals surface area contributed by atoms with Gasteiger partial charge >= 0.3 is 0 Å². The molecule has 0 N–H and O–H groups in total. The van der Waals surface area contributed by atoms with Gasteiger partial charge in [0, 0.05) is 26.1 Å². The number of fused-ring (bicyclic) bond motifs is 1. The summed E-state index contributed by atoms with van der Waals surface area (Å²) in [6, 6.07) is 12.7. The molecule has 2 aromatic carbocycles. The third-order valence-electron chi connectivity index (χ3n) is 2.65. The first kappa shape index (κ1) is 12.5. The molecule has 0 unspecified atom stereocenters. The van der Waals surface area contributed by atoms with E-state index in [-0.39, 0.29) is 5.88 Å². The predicted molar refractivity (Wildman–Crippen MR) is 75.9 cm³/mol. The van der Waals surface area contributed by atoms with Gasteiger partial charge in [0.15, 0.2) is 0 Å². The van der Waals surface area contributed by atoms with Crippen molar-refractivity contribution >= 4 is 42.8 Å². The quantitative estimate of drug-likeness (QED) is 0.609. The molecule has 0 amide bonds. The minimum atomic E-state index is -0.291. The van der Waals surface area contributed by atoms with E-state index in [0.29, 0.717) is 16.6 Å². The molecule has 1 heterocycles. The molecule has 0 spiro atoms. The minimum absolute atomic E-state index is 0.291. The molecule has 0 radical (unpaired) electrons. The van der Waals surface area contributed by atoms with Gasteiger partial charge in [0.25, 0.3) is 5.69 Å². The second-order valence-electron chi connectivity index (χ2n) is 3.91. The van der Waals surface area contributed by atoms with Gasteiger partial charge < -0.3 is 5.11 Å². The van der Waals surface area contributed by atoms with Gasteiger partial charge in [0.1, 0.15) is 5.52 Å². The summed E-state index contributed by atoms with van der Waals surface area (Å²) in [6.07, 6.45) is 0. The van der Waals surface area contributed by atoms with Crippen molar-refractivity contribution < 1.29 is 9.90 Å². The number of hydrogen-bond donors (Lipinski definition) is 0. The fraction of sp³-hybridized carbons (Fsp3) is 0. The van der Waals surface area contributed by atoms with E-state index in [9.17, 15) is 5.11 Å². The van der Waals surface area contributed by atoms with Crippen LogP contribution in [-0.4, -0.2) is 10.2 Å². The van der Waals surface area contributed by atoms with Crippen molar-refractivity contribution in [2.24, 2.45) is 0 Å². The summed E-state index contributed by atoms with van der Waals surface area (Å²) in [6.45, 7) is 0. The third kappa shape index (κ3) is 2.33. The molecule has 0 atom stereocenters. The van der Waals surface area contributed by atoms with Crippen LogP contribution in [-0.2, 0) is 0 Å². The normalized spacial score (nSPS) is 10.8. The zero-order valence-corrected chi connectivity index (χ0v) is 12.7. The topological polar surface area (TPSA) is 52.7 Å². The largest absolute Gasteiger partial charge is 0.854 e. The molecule has 0 fully saturated rings. The van der Waals surface area contributed by atoms with Crippen molar-refractivity contribution in [1.82, 2.24) is 10.2 Å². The van der Waals surface area contributed by atoms with E-state index in [1.165, 1.54) is 4.80 Å². The van der Waals surface area contributed by atoms with Crippen LogP contribution in [0.15, 0.2) is 51.4 Å². The molecule has 0 bridgehead atoms. The van der Waals surface area contributed by atoms with E-state index >= 15 is 0 Å². The van der Waals surface area contributed by atoms with Crippen LogP contribution in [0.5, 0.6) is 5.88 Å². The standard InChI is InChI=1S/C13H7Br2N3O/c14-8-5-6-12(10(15)7-8)18-16-11-4-2-1-3-9(11)13(19)17-18/h1-7H. The molecular formula is C13H7Br2N3O. The monoisotopic (exact) mass is 379 g/mol. The number of hydrogen-bond acceptors (Lipinski definition) is 3. The predicted octanol–water partition coefficient (Wildman–Crippen LogP) is 2.51. The average molecular weight is 381 g/mol. The Morgan fingerprint density at radius 1 is 1.00 bits per heavy atom. The van der Waals surface area contributed by atoms with Crippen LogP contribution in [0.3, 0.4) is 0 Å². The number of benzene rings is 2. The Bertz CT molecular complexity index is 777. The van der Waals surface area contributed by atoms with Gasteiger partial charge in [0.05, 0.1) is 15.1 Å². The first-order chi connectivity index (χ1) is 9.15. The molecule has 19 heavy (non-hydrogen) atoms. The van der Waals surface area contributed by atoms with Crippen LogP contribution < -0.4 is 9.90 Å². The van der Waals surface area contributed by atoms with Gasteiger partial charge in [-0.15, -0.1) is 0 Å². The summed E-state index contributed by atoms with van der Waals surface area (Å²) < 4.78 is 1.74. The lowest BCUT2D eigenvalue weighted by atomic mass is 10.2. The van der Waals surface area contributed by atoms with Crippen molar-refractivity contribution in [2.45, 2.75) is 0 Å². The van der Waals surface area contributed by atoms with E-state index in [0.717, 1.165) is 8.95 Å². The Labute approximate surface area is 126 Å². The SMILES string of the molecule is [O-]c1n[n+](-c2ccc(Br)cc2Br)nc2ccccc12. The third-order valence-corrected chi connectivity index (χ3v) is 3.78. The highest BCUT2D eigenvalue weighted by atomic mass is 79.9. The summed E-state index contributed by atoms with van der Waals surface area (Å²) in [5.41, 5.74) is 1.34. The Morgan fingerprint density at radius 3 is 2.58 bits per heavy atom. The maximum atomic E-state index is 12.0. The average Bonchev–Trinajstić information content (AvgIpc) is 2.38. The fourth-order valence-corrected chi connectivity index (χ4v) is 2.96. The van der Waals surface area contributed by atoms with Crippen molar-refractivity contribution in [1.29, 1.82) is 0 Å². The lowest BCUT2D eigenvalue weighted by molar-refractivity contribution is -0.721. The minimum Gasteiger partial charge on any atom is -0.854 e. The molecule has 4 nitrogen and oxygen atoms in total. The molecule has 1 aromatic heterocycles. The van der Waals surface area contributed by atoms with Crippen molar-refractivity contribution in [2.75, 3.05) is 0 Å². The molecule has 3 rings (SSSR count). The Morgan fingerprint density at radius 2 is 1.79 bits per heavy atom. The maximum absolute atomic E-state index is 12.0. The highest BCUT2D eigenvalue weighted by molar-refractivity contribution is 9.11. The van der Waals surface area contributed by atoms with E-state index in [1.807, 2.05) is 24.3 Å². The Kier molecular flexibility index (Phi) is 3.20. The number of rotatable bonds is 1. The molecule has 0 aliphatic rings.